The number of fused-ring (bicyclic) bond motifs is 1. The van der Waals surface area contributed by atoms with E-state index in [1.165, 1.54) is 0 Å². The van der Waals surface area contributed by atoms with E-state index in [0.29, 0.717) is 30.0 Å². The summed E-state index contributed by atoms with van der Waals surface area (Å²) in [6, 6.07) is 16.7. The van der Waals surface area contributed by atoms with Gasteiger partial charge in [-0.3, -0.25) is 19.6 Å². The molecule has 3 aromatic heterocycles. The van der Waals surface area contributed by atoms with Crippen molar-refractivity contribution in [2.24, 2.45) is 5.73 Å². The zero-order chi connectivity index (χ0) is 25.3. The number of carbonyl (C=O) groups excluding carboxylic acids is 2. The van der Waals surface area contributed by atoms with E-state index >= 15 is 0 Å². The summed E-state index contributed by atoms with van der Waals surface area (Å²) in [5.41, 5.74) is 10.0. The Bertz CT molecular complexity index is 1420. The molecule has 0 saturated carbocycles. The molecule has 4 aromatic rings. The predicted molar refractivity (Wildman–Crippen MR) is 138 cm³/mol. The van der Waals surface area contributed by atoms with Crippen molar-refractivity contribution in [1.29, 1.82) is 0 Å². The Balaban J connectivity index is 1.63. The molecule has 2 amide bonds. The Morgan fingerprint density at radius 1 is 0.972 bits per heavy atom. The number of benzene rings is 1. The number of rotatable bonds is 6. The van der Waals surface area contributed by atoms with E-state index in [1.54, 1.807) is 55.2 Å². The van der Waals surface area contributed by atoms with Crippen molar-refractivity contribution in [1.82, 2.24) is 15.0 Å². The number of hydrogen-bond donors (Lipinski definition) is 1. The SMILES string of the molecule is CC1(C)CN(C(=O)c2ccncc2)c2cc(N(Cc3ccncc3)c3ncccc3C(N)=O)ccc21. The van der Waals surface area contributed by atoms with Gasteiger partial charge in [0.2, 0.25) is 0 Å². The minimum Gasteiger partial charge on any atom is -0.365 e. The van der Waals surface area contributed by atoms with Crippen LogP contribution in [-0.4, -0.2) is 33.3 Å². The standard InChI is InChI=1S/C28H26N6O2/c1-28(2)18-34(27(36)20-9-14-31-15-10-20)24-16-21(5-6-23(24)28)33(17-19-7-12-30-13-8-19)26-22(25(29)35)4-3-11-32-26/h3-16H,17-18H2,1-2H3,(H2,29,35). The fourth-order valence-electron chi connectivity index (χ4n) is 4.64. The first-order chi connectivity index (χ1) is 17.3. The first-order valence-electron chi connectivity index (χ1n) is 11.6. The first kappa shape index (κ1) is 23.2. The molecule has 2 N–H and O–H groups in total. The van der Waals surface area contributed by atoms with Gasteiger partial charge in [-0.2, -0.15) is 0 Å². The molecular formula is C28H26N6O2. The molecule has 1 aliphatic heterocycles. The summed E-state index contributed by atoms with van der Waals surface area (Å²) in [6.45, 7) is 5.24. The Morgan fingerprint density at radius 2 is 1.67 bits per heavy atom. The summed E-state index contributed by atoms with van der Waals surface area (Å²) in [7, 11) is 0. The molecule has 4 heterocycles. The molecule has 8 heteroatoms. The molecule has 180 valence electrons. The molecule has 0 aliphatic carbocycles. The molecule has 36 heavy (non-hydrogen) atoms. The van der Waals surface area contributed by atoms with Crippen molar-refractivity contribution in [2.75, 3.05) is 16.3 Å². The second-order valence-corrected chi connectivity index (χ2v) is 9.39. The van der Waals surface area contributed by atoms with Crippen LogP contribution in [0, 0.1) is 0 Å². The maximum absolute atomic E-state index is 13.5. The summed E-state index contributed by atoms with van der Waals surface area (Å²) in [5, 5.41) is 0. The summed E-state index contributed by atoms with van der Waals surface area (Å²) in [6.07, 6.45) is 8.32. The highest BCUT2D eigenvalue weighted by Gasteiger charge is 2.39. The van der Waals surface area contributed by atoms with Crippen molar-refractivity contribution in [3.8, 4) is 0 Å². The maximum atomic E-state index is 13.5. The lowest BCUT2D eigenvalue weighted by Gasteiger charge is -2.27. The van der Waals surface area contributed by atoms with E-state index < -0.39 is 5.91 Å². The minimum atomic E-state index is -0.561. The quantitative estimate of drug-likeness (QED) is 0.444. The van der Waals surface area contributed by atoms with Gasteiger partial charge in [0.25, 0.3) is 11.8 Å². The van der Waals surface area contributed by atoms with Crippen LogP contribution in [0.2, 0.25) is 0 Å². The molecule has 0 fully saturated rings. The fourth-order valence-corrected chi connectivity index (χ4v) is 4.64. The smallest absolute Gasteiger partial charge is 0.258 e. The van der Waals surface area contributed by atoms with Gasteiger partial charge in [0.15, 0.2) is 0 Å². The van der Waals surface area contributed by atoms with Crippen molar-refractivity contribution in [3.63, 3.8) is 0 Å². The second kappa shape index (κ2) is 9.22. The van der Waals surface area contributed by atoms with Gasteiger partial charge in [-0.1, -0.05) is 19.9 Å². The molecule has 0 saturated heterocycles. The van der Waals surface area contributed by atoms with Gasteiger partial charge in [-0.05, 0) is 59.7 Å². The van der Waals surface area contributed by atoms with Crippen molar-refractivity contribution < 1.29 is 9.59 Å². The highest BCUT2D eigenvalue weighted by atomic mass is 16.2. The number of nitrogens with two attached hydrogens (primary N) is 1. The summed E-state index contributed by atoms with van der Waals surface area (Å²) >= 11 is 0. The van der Waals surface area contributed by atoms with E-state index in [4.69, 9.17) is 5.73 Å². The van der Waals surface area contributed by atoms with E-state index in [2.05, 4.69) is 34.9 Å². The van der Waals surface area contributed by atoms with Crippen molar-refractivity contribution >= 4 is 29.0 Å². The lowest BCUT2D eigenvalue weighted by Crippen LogP contribution is -2.34. The Labute approximate surface area is 209 Å². The number of hydrogen-bond acceptors (Lipinski definition) is 6. The average molecular weight is 479 g/mol. The van der Waals surface area contributed by atoms with Gasteiger partial charge < -0.3 is 15.5 Å². The van der Waals surface area contributed by atoms with Crippen LogP contribution in [0.3, 0.4) is 0 Å². The zero-order valence-corrected chi connectivity index (χ0v) is 20.1. The number of amides is 2. The minimum absolute atomic E-state index is 0.0854. The van der Waals surface area contributed by atoms with Crippen LogP contribution in [0.25, 0.3) is 0 Å². The molecule has 0 spiro atoms. The first-order valence-corrected chi connectivity index (χ1v) is 11.6. The summed E-state index contributed by atoms with van der Waals surface area (Å²) < 4.78 is 0. The van der Waals surface area contributed by atoms with E-state index in [0.717, 1.165) is 22.5 Å². The lowest BCUT2D eigenvalue weighted by molar-refractivity contribution is 0.0982. The Hall–Kier alpha value is -4.59. The van der Waals surface area contributed by atoms with Crippen LogP contribution in [0.1, 0.15) is 45.7 Å². The van der Waals surface area contributed by atoms with Gasteiger partial charge in [-0.15, -0.1) is 0 Å². The lowest BCUT2D eigenvalue weighted by atomic mass is 9.87. The largest absolute Gasteiger partial charge is 0.365 e. The Kier molecular flexibility index (Phi) is 5.93. The maximum Gasteiger partial charge on any atom is 0.258 e. The van der Waals surface area contributed by atoms with Gasteiger partial charge in [0.05, 0.1) is 5.56 Å². The number of anilines is 3. The van der Waals surface area contributed by atoms with Crippen LogP contribution in [0.4, 0.5) is 17.2 Å². The van der Waals surface area contributed by atoms with Crippen LogP contribution in [0.5, 0.6) is 0 Å². The molecule has 8 nitrogen and oxygen atoms in total. The van der Waals surface area contributed by atoms with Crippen LogP contribution >= 0.6 is 0 Å². The number of aromatic nitrogens is 3. The van der Waals surface area contributed by atoms with Gasteiger partial charge >= 0.3 is 0 Å². The number of nitrogens with zero attached hydrogens (tertiary/aromatic N) is 5. The molecule has 0 bridgehead atoms. The van der Waals surface area contributed by atoms with Crippen LogP contribution < -0.4 is 15.5 Å². The van der Waals surface area contributed by atoms with E-state index in [1.807, 2.05) is 34.1 Å². The highest BCUT2D eigenvalue weighted by Crippen LogP contribution is 2.44. The fraction of sp³-hybridized carbons (Fsp3) is 0.179. The zero-order valence-electron chi connectivity index (χ0n) is 20.1. The summed E-state index contributed by atoms with van der Waals surface area (Å²) in [5.74, 6) is -0.196. The Morgan fingerprint density at radius 3 is 2.36 bits per heavy atom. The van der Waals surface area contributed by atoms with Gasteiger partial charge in [0, 0.05) is 66.4 Å². The normalized spacial score (nSPS) is 13.8. The molecule has 0 atom stereocenters. The second-order valence-electron chi connectivity index (χ2n) is 9.39. The molecule has 5 rings (SSSR count). The third kappa shape index (κ3) is 4.29. The van der Waals surface area contributed by atoms with E-state index in [9.17, 15) is 9.59 Å². The monoisotopic (exact) mass is 478 g/mol. The van der Waals surface area contributed by atoms with Crippen molar-refractivity contribution in [2.45, 2.75) is 25.8 Å². The average Bonchev–Trinajstić information content (AvgIpc) is 3.18. The molecule has 0 unspecified atom stereocenters. The van der Waals surface area contributed by atoms with Crippen LogP contribution in [0.15, 0.2) is 85.6 Å². The summed E-state index contributed by atoms with van der Waals surface area (Å²) in [4.78, 5) is 42.2. The number of carbonyl (C=O) groups is 2. The molecule has 0 radical (unpaired) electrons. The van der Waals surface area contributed by atoms with Crippen molar-refractivity contribution in [3.05, 3.63) is 108 Å². The van der Waals surface area contributed by atoms with E-state index in [-0.39, 0.29) is 11.3 Å². The topological polar surface area (TPSA) is 105 Å². The predicted octanol–water partition coefficient (Wildman–Crippen LogP) is 4.25. The number of pyridine rings is 3. The molecular weight excluding hydrogens is 452 g/mol. The van der Waals surface area contributed by atoms with Crippen LogP contribution in [-0.2, 0) is 12.0 Å². The van der Waals surface area contributed by atoms with Gasteiger partial charge in [-0.25, -0.2) is 4.98 Å². The number of primary amides is 1. The molecule has 1 aliphatic rings. The highest BCUT2D eigenvalue weighted by molar-refractivity contribution is 6.08. The third-order valence-corrected chi connectivity index (χ3v) is 6.44. The van der Waals surface area contributed by atoms with Gasteiger partial charge in [0.1, 0.15) is 5.82 Å². The third-order valence-electron chi connectivity index (χ3n) is 6.44. The molecule has 1 aromatic carbocycles.